The molecule has 0 N–H and O–H groups in total. The van der Waals surface area contributed by atoms with E-state index in [-0.39, 0.29) is 5.91 Å². The molecule has 0 atom stereocenters. The molecule has 1 aromatic carbocycles. The van der Waals surface area contributed by atoms with Crippen molar-refractivity contribution in [3.8, 4) is 0 Å². The van der Waals surface area contributed by atoms with Gasteiger partial charge in [0.05, 0.1) is 5.69 Å². The summed E-state index contributed by atoms with van der Waals surface area (Å²) in [5, 5.41) is 3.86. The Labute approximate surface area is 119 Å². The third-order valence-electron chi connectivity index (χ3n) is 3.33. The number of carbonyl (C=O) groups is 1. The maximum atomic E-state index is 12.7. The largest absolute Gasteiger partial charge is 0.361 e. The third kappa shape index (κ3) is 2.59. The molecule has 0 saturated carbocycles. The molecule has 1 aromatic heterocycles. The Bertz CT molecular complexity index is 604. The van der Waals surface area contributed by atoms with Crippen LogP contribution in [0.25, 0.3) is 0 Å². The summed E-state index contributed by atoms with van der Waals surface area (Å²) in [6.45, 7) is 10.2. The van der Waals surface area contributed by atoms with Gasteiger partial charge in [-0.3, -0.25) is 4.79 Å². The molecule has 20 heavy (non-hydrogen) atoms. The topological polar surface area (TPSA) is 46.3 Å². The van der Waals surface area contributed by atoms with E-state index in [0.717, 1.165) is 16.8 Å². The van der Waals surface area contributed by atoms with E-state index in [9.17, 15) is 4.79 Å². The van der Waals surface area contributed by atoms with Gasteiger partial charge in [0.25, 0.3) is 5.91 Å². The Kier molecular flexibility index (Phi) is 3.93. The molecule has 1 heterocycles. The first-order chi connectivity index (χ1) is 9.43. The SMILES string of the molecule is CCN(C(=O)c1c(C)noc1C)c1cc(C)cc(C)c1. The average molecular weight is 272 g/mol. The van der Waals surface area contributed by atoms with Crippen LogP contribution in [0.2, 0.25) is 0 Å². The first-order valence-corrected chi connectivity index (χ1v) is 6.77. The average Bonchev–Trinajstić information content (AvgIpc) is 2.68. The molecule has 0 spiro atoms. The van der Waals surface area contributed by atoms with Gasteiger partial charge in [0, 0.05) is 12.2 Å². The van der Waals surface area contributed by atoms with Crippen LogP contribution in [0.5, 0.6) is 0 Å². The van der Waals surface area contributed by atoms with Crippen LogP contribution in [0.3, 0.4) is 0 Å². The van der Waals surface area contributed by atoms with Gasteiger partial charge >= 0.3 is 0 Å². The van der Waals surface area contributed by atoms with Crippen molar-refractivity contribution in [2.45, 2.75) is 34.6 Å². The minimum atomic E-state index is -0.0613. The van der Waals surface area contributed by atoms with Crippen molar-refractivity contribution in [3.05, 3.63) is 46.3 Å². The van der Waals surface area contributed by atoms with E-state index < -0.39 is 0 Å². The summed E-state index contributed by atoms with van der Waals surface area (Å²) in [7, 11) is 0. The van der Waals surface area contributed by atoms with Crippen LogP contribution in [0.15, 0.2) is 22.7 Å². The van der Waals surface area contributed by atoms with Crippen LogP contribution in [-0.4, -0.2) is 17.6 Å². The molecule has 0 aliphatic rings. The Hall–Kier alpha value is -2.10. The molecule has 0 aliphatic carbocycles. The van der Waals surface area contributed by atoms with Gasteiger partial charge in [0.15, 0.2) is 0 Å². The standard InChI is InChI=1S/C16H20N2O2/c1-6-18(14-8-10(2)7-11(3)9-14)16(19)15-12(4)17-20-13(15)5/h7-9H,6H2,1-5H3. The predicted molar refractivity (Wildman–Crippen MR) is 79.2 cm³/mol. The Balaban J connectivity index is 2.44. The van der Waals surface area contributed by atoms with Crippen LogP contribution in [-0.2, 0) is 0 Å². The summed E-state index contributed by atoms with van der Waals surface area (Å²) in [6.07, 6.45) is 0. The molecule has 2 aromatic rings. The van der Waals surface area contributed by atoms with Gasteiger partial charge in [-0.25, -0.2) is 0 Å². The third-order valence-corrected chi connectivity index (χ3v) is 3.33. The number of rotatable bonds is 3. The van der Waals surface area contributed by atoms with Gasteiger partial charge in [-0.2, -0.15) is 0 Å². The van der Waals surface area contributed by atoms with Crippen LogP contribution in [0, 0.1) is 27.7 Å². The van der Waals surface area contributed by atoms with E-state index in [1.165, 1.54) is 0 Å². The first kappa shape index (κ1) is 14.3. The van der Waals surface area contributed by atoms with Crippen molar-refractivity contribution < 1.29 is 9.32 Å². The number of carbonyl (C=O) groups excluding carboxylic acids is 1. The normalized spacial score (nSPS) is 10.7. The summed E-state index contributed by atoms with van der Waals surface area (Å²) in [6, 6.07) is 6.14. The Morgan fingerprint density at radius 3 is 2.20 bits per heavy atom. The van der Waals surface area contributed by atoms with Crippen molar-refractivity contribution in [3.63, 3.8) is 0 Å². The molecule has 0 radical (unpaired) electrons. The van der Waals surface area contributed by atoms with Crippen LogP contribution < -0.4 is 4.90 Å². The lowest BCUT2D eigenvalue weighted by atomic mass is 10.1. The highest BCUT2D eigenvalue weighted by atomic mass is 16.5. The molecule has 0 saturated heterocycles. The molecule has 4 nitrogen and oxygen atoms in total. The molecule has 0 bridgehead atoms. The number of aryl methyl sites for hydroxylation is 4. The molecular weight excluding hydrogens is 252 g/mol. The number of hydrogen-bond acceptors (Lipinski definition) is 3. The second kappa shape index (κ2) is 5.49. The molecule has 0 fully saturated rings. The minimum Gasteiger partial charge on any atom is -0.361 e. The van der Waals surface area contributed by atoms with E-state index in [0.29, 0.717) is 23.6 Å². The van der Waals surface area contributed by atoms with E-state index in [1.807, 2.05) is 32.9 Å². The quantitative estimate of drug-likeness (QED) is 0.858. The lowest BCUT2D eigenvalue weighted by Crippen LogP contribution is -2.31. The Morgan fingerprint density at radius 1 is 1.15 bits per heavy atom. The summed E-state index contributed by atoms with van der Waals surface area (Å²) in [5.74, 6) is 0.504. The number of amides is 1. The van der Waals surface area contributed by atoms with Crippen molar-refractivity contribution in [2.24, 2.45) is 0 Å². The van der Waals surface area contributed by atoms with Crippen molar-refractivity contribution in [1.82, 2.24) is 5.16 Å². The second-order valence-corrected chi connectivity index (χ2v) is 5.09. The van der Waals surface area contributed by atoms with Gasteiger partial charge in [0.2, 0.25) is 0 Å². The summed E-state index contributed by atoms with van der Waals surface area (Å²) in [4.78, 5) is 14.5. The van der Waals surface area contributed by atoms with Crippen LogP contribution in [0.4, 0.5) is 5.69 Å². The number of anilines is 1. The second-order valence-electron chi connectivity index (χ2n) is 5.09. The summed E-state index contributed by atoms with van der Waals surface area (Å²) >= 11 is 0. The maximum absolute atomic E-state index is 12.7. The zero-order chi connectivity index (χ0) is 14.9. The molecule has 4 heteroatoms. The van der Waals surface area contributed by atoms with Gasteiger partial charge in [-0.15, -0.1) is 0 Å². The minimum absolute atomic E-state index is 0.0613. The van der Waals surface area contributed by atoms with Gasteiger partial charge in [0.1, 0.15) is 11.3 Å². The molecule has 106 valence electrons. The van der Waals surface area contributed by atoms with Crippen molar-refractivity contribution >= 4 is 11.6 Å². The van der Waals surface area contributed by atoms with E-state index >= 15 is 0 Å². The van der Waals surface area contributed by atoms with Gasteiger partial charge in [-0.05, 0) is 57.9 Å². The number of aromatic nitrogens is 1. The molecule has 2 rings (SSSR count). The smallest absolute Gasteiger partial charge is 0.263 e. The monoisotopic (exact) mass is 272 g/mol. The predicted octanol–water partition coefficient (Wildman–Crippen LogP) is 3.57. The fraction of sp³-hybridized carbons (Fsp3) is 0.375. The molecular formula is C16H20N2O2. The maximum Gasteiger partial charge on any atom is 0.263 e. The summed E-state index contributed by atoms with van der Waals surface area (Å²) < 4.78 is 5.10. The van der Waals surface area contributed by atoms with E-state index in [4.69, 9.17) is 4.52 Å². The van der Waals surface area contributed by atoms with Crippen LogP contribution >= 0.6 is 0 Å². The summed E-state index contributed by atoms with van der Waals surface area (Å²) in [5.41, 5.74) is 4.39. The van der Waals surface area contributed by atoms with Gasteiger partial charge < -0.3 is 9.42 Å². The zero-order valence-electron chi connectivity index (χ0n) is 12.7. The lowest BCUT2D eigenvalue weighted by Gasteiger charge is -2.22. The highest BCUT2D eigenvalue weighted by Gasteiger charge is 2.23. The van der Waals surface area contributed by atoms with E-state index in [1.54, 1.807) is 18.7 Å². The fourth-order valence-electron chi connectivity index (χ4n) is 2.47. The zero-order valence-corrected chi connectivity index (χ0v) is 12.7. The van der Waals surface area contributed by atoms with Gasteiger partial charge in [-0.1, -0.05) is 11.2 Å². The highest BCUT2D eigenvalue weighted by molar-refractivity contribution is 6.07. The lowest BCUT2D eigenvalue weighted by molar-refractivity contribution is 0.0986. The fourth-order valence-corrected chi connectivity index (χ4v) is 2.47. The number of nitrogens with zero attached hydrogens (tertiary/aromatic N) is 2. The molecule has 0 unspecified atom stereocenters. The number of benzene rings is 1. The highest BCUT2D eigenvalue weighted by Crippen LogP contribution is 2.23. The van der Waals surface area contributed by atoms with E-state index in [2.05, 4.69) is 11.2 Å². The Morgan fingerprint density at radius 2 is 1.75 bits per heavy atom. The van der Waals surface area contributed by atoms with Crippen molar-refractivity contribution in [2.75, 3.05) is 11.4 Å². The van der Waals surface area contributed by atoms with Crippen LogP contribution in [0.1, 0.15) is 39.9 Å². The van der Waals surface area contributed by atoms with Crippen molar-refractivity contribution in [1.29, 1.82) is 0 Å². The molecule has 0 aliphatic heterocycles. The number of hydrogen-bond donors (Lipinski definition) is 0. The molecule has 1 amide bonds. The first-order valence-electron chi connectivity index (χ1n) is 6.77.